The van der Waals surface area contributed by atoms with Gasteiger partial charge >= 0.3 is 0 Å². The van der Waals surface area contributed by atoms with Crippen molar-refractivity contribution in [2.75, 3.05) is 11.9 Å². The van der Waals surface area contributed by atoms with Crippen LogP contribution in [0.15, 0.2) is 41.8 Å². The maximum Gasteiger partial charge on any atom is 0.0487 e. The lowest BCUT2D eigenvalue weighted by Crippen LogP contribution is -1.97. The van der Waals surface area contributed by atoms with Crippen molar-refractivity contribution in [2.24, 2.45) is 0 Å². The summed E-state index contributed by atoms with van der Waals surface area (Å²) in [5, 5.41) is 5.71. The van der Waals surface area contributed by atoms with E-state index in [1.165, 1.54) is 29.0 Å². The standard InChI is InChI=1S/C14H15NS/c1-2-5-11(6-3-1)12-7-4-9-15-13-8-10-16-14(12)13/h1-3,5-6,8,10,12,15H,4,7,9H2. The van der Waals surface area contributed by atoms with E-state index in [0.29, 0.717) is 5.92 Å². The van der Waals surface area contributed by atoms with E-state index in [2.05, 4.69) is 47.1 Å². The molecule has 16 heavy (non-hydrogen) atoms. The summed E-state index contributed by atoms with van der Waals surface area (Å²) in [5.41, 5.74) is 2.80. The highest BCUT2D eigenvalue weighted by Crippen LogP contribution is 2.39. The summed E-state index contributed by atoms with van der Waals surface area (Å²) in [6, 6.07) is 13.1. The molecule has 1 aromatic heterocycles. The zero-order valence-electron chi connectivity index (χ0n) is 9.15. The molecule has 0 aliphatic carbocycles. The van der Waals surface area contributed by atoms with Crippen molar-refractivity contribution in [1.82, 2.24) is 0 Å². The molecule has 0 amide bonds. The molecule has 2 aromatic rings. The molecule has 0 spiro atoms. The van der Waals surface area contributed by atoms with Gasteiger partial charge in [0.2, 0.25) is 0 Å². The summed E-state index contributed by atoms with van der Waals surface area (Å²) in [4.78, 5) is 1.50. The predicted octanol–water partition coefficient (Wildman–Crippen LogP) is 4.09. The summed E-state index contributed by atoms with van der Waals surface area (Å²) >= 11 is 1.88. The molecule has 1 aromatic carbocycles. The lowest BCUT2D eigenvalue weighted by Gasteiger charge is -2.14. The van der Waals surface area contributed by atoms with E-state index >= 15 is 0 Å². The molecule has 0 bridgehead atoms. The fourth-order valence-corrected chi connectivity index (χ4v) is 3.44. The SMILES string of the molecule is c1ccc(C2CCCNc3ccsc32)cc1. The van der Waals surface area contributed by atoms with E-state index in [-0.39, 0.29) is 0 Å². The fourth-order valence-electron chi connectivity index (χ4n) is 2.40. The number of benzene rings is 1. The Morgan fingerprint density at radius 3 is 2.88 bits per heavy atom. The zero-order valence-corrected chi connectivity index (χ0v) is 9.96. The van der Waals surface area contributed by atoms with Crippen LogP contribution in [0.2, 0.25) is 0 Å². The van der Waals surface area contributed by atoms with E-state index in [4.69, 9.17) is 0 Å². The number of anilines is 1. The van der Waals surface area contributed by atoms with Crippen LogP contribution in [0, 0.1) is 0 Å². The van der Waals surface area contributed by atoms with Crippen molar-refractivity contribution >= 4 is 17.0 Å². The number of fused-ring (bicyclic) bond motifs is 1. The van der Waals surface area contributed by atoms with Crippen LogP contribution in [0.5, 0.6) is 0 Å². The Hall–Kier alpha value is -1.28. The van der Waals surface area contributed by atoms with Gasteiger partial charge in [-0.15, -0.1) is 11.3 Å². The van der Waals surface area contributed by atoms with Crippen molar-refractivity contribution < 1.29 is 0 Å². The lowest BCUT2D eigenvalue weighted by molar-refractivity contribution is 0.706. The Bertz CT molecular complexity index is 461. The molecule has 2 heterocycles. The van der Waals surface area contributed by atoms with Gasteiger partial charge in [0.15, 0.2) is 0 Å². The molecule has 1 nitrogen and oxygen atoms in total. The van der Waals surface area contributed by atoms with Crippen LogP contribution in [0.1, 0.15) is 29.2 Å². The van der Waals surface area contributed by atoms with Gasteiger partial charge in [-0.05, 0) is 29.9 Å². The molecule has 1 aliphatic heterocycles. The third kappa shape index (κ3) is 1.74. The first-order valence-corrected chi connectivity index (χ1v) is 6.69. The third-order valence-electron chi connectivity index (χ3n) is 3.20. The second-order valence-corrected chi connectivity index (χ2v) is 5.18. The maximum atomic E-state index is 3.52. The van der Waals surface area contributed by atoms with Crippen molar-refractivity contribution in [3.8, 4) is 0 Å². The highest BCUT2D eigenvalue weighted by atomic mass is 32.1. The van der Waals surface area contributed by atoms with Crippen LogP contribution < -0.4 is 5.32 Å². The van der Waals surface area contributed by atoms with Gasteiger partial charge in [0.25, 0.3) is 0 Å². The van der Waals surface area contributed by atoms with Crippen LogP contribution in [-0.4, -0.2) is 6.54 Å². The summed E-state index contributed by atoms with van der Waals surface area (Å²) in [5.74, 6) is 0.589. The molecule has 0 saturated heterocycles. The summed E-state index contributed by atoms with van der Waals surface area (Å²) < 4.78 is 0. The van der Waals surface area contributed by atoms with Crippen molar-refractivity contribution in [1.29, 1.82) is 0 Å². The third-order valence-corrected chi connectivity index (χ3v) is 4.23. The highest BCUT2D eigenvalue weighted by Gasteiger charge is 2.20. The van der Waals surface area contributed by atoms with Crippen molar-refractivity contribution in [3.05, 3.63) is 52.2 Å². The number of rotatable bonds is 1. The number of hydrogen-bond donors (Lipinski definition) is 1. The Kier molecular flexibility index (Phi) is 2.66. The Morgan fingerprint density at radius 1 is 1.12 bits per heavy atom. The predicted molar refractivity (Wildman–Crippen MR) is 70.3 cm³/mol. The number of nitrogens with one attached hydrogen (secondary N) is 1. The van der Waals surface area contributed by atoms with Gasteiger partial charge in [-0.25, -0.2) is 0 Å². The number of hydrogen-bond acceptors (Lipinski definition) is 2. The van der Waals surface area contributed by atoms with Gasteiger partial charge in [-0.3, -0.25) is 0 Å². The van der Waals surface area contributed by atoms with Gasteiger partial charge < -0.3 is 5.32 Å². The van der Waals surface area contributed by atoms with Crippen LogP contribution >= 0.6 is 11.3 Å². The minimum Gasteiger partial charge on any atom is -0.384 e. The lowest BCUT2D eigenvalue weighted by atomic mass is 9.93. The van der Waals surface area contributed by atoms with Crippen LogP contribution in [0.3, 0.4) is 0 Å². The van der Waals surface area contributed by atoms with E-state index in [9.17, 15) is 0 Å². The first-order chi connectivity index (χ1) is 7.95. The Balaban J connectivity index is 2.03. The molecule has 3 rings (SSSR count). The molecule has 82 valence electrons. The van der Waals surface area contributed by atoms with Crippen LogP contribution in [0.25, 0.3) is 0 Å². The summed E-state index contributed by atoms with van der Waals surface area (Å²) in [7, 11) is 0. The molecule has 0 radical (unpaired) electrons. The minimum atomic E-state index is 0.589. The highest BCUT2D eigenvalue weighted by molar-refractivity contribution is 7.10. The second-order valence-electron chi connectivity index (χ2n) is 4.23. The number of thiophene rings is 1. The quantitative estimate of drug-likeness (QED) is 0.776. The molecule has 0 saturated carbocycles. The Labute approximate surface area is 100 Å². The molecule has 1 atom stereocenters. The minimum absolute atomic E-state index is 0.589. The average Bonchev–Trinajstić information content (AvgIpc) is 2.70. The molecular weight excluding hydrogens is 214 g/mol. The fraction of sp³-hybridized carbons (Fsp3) is 0.286. The van der Waals surface area contributed by atoms with E-state index in [1.54, 1.807) is 0 Å². The van der Waals surface area contributed by atoms with E-state index in [0.717, 1.165) is 6.54 Å². The molecule has 0 fully saturated rings. The van der Waals surface area contributed by atoms with Gasteiger partial charge in [0, 0.05) is 23.0 Å². The van der Waals surface area contributed by atoms with Crippen molar-refractivity contribution in [2.45, 2.75) is 18.8 Å². The average molecular weight is 229 g/mol. The topological polar surface area (TPSA) is 12.0 Å². The molecule has 1 aliphatic rings. The van der Waals surface area contributed by atoms with Gasteiger partial charge in [0.1, 0.15) is 0 Å². The smallest absolute Gasteiger partial charge is 0.0487 e. The molecule has 1 unspecified atom stereocenters. The van der Waals surface area contributed by atoms with Gasteiger partial charge in [-0.1, -0.05) is 30.3 Å². The van der Waals surface area contributed by atoms with Crippen molar-refractivity contribution in [3.63, 3.8) is 0 Å². The normalized spacial score (nSPS) is 19.6. The van der Waals surface area contributed by atoms with Crippen LogP contribution in [0.4, 0.5) is 5.69 Å². The van der Waals surface area contributed by atoms with E-state index in [1.807, 2.05) is 11.3 Å². The first kappa shape index (κ1) is 9.91. The monoisotopic (exact) mass is 229 g/mol. The zero-order chi connectivity index (χ0) is 10.8. The summed E-state index contributed by atoms with van der Waals surface area (Å²) in [6.07, 6.45) is 2.51. The Morgan fingerprint density at radius 2 is 2.00 bits per heavy atom. The molecule has 1 N–H and O–H groups in total. The van der Waals surface area contributed by atoms with Crippen LogP contribution in [-0.2, 0) is 0 Å². The summed E-state index contributed by atoms with van der Waals surface area (Å²) in [6.45, 7) is 1.10. The van der Waals surface area contributed by atoms with E-state index < -0.39 is 0 Å². The first-order valence-electron chi connectivity index (χ1n) is 5.81. The molecular formula is C14H15NS. The largest absolute Gasteiger partial charge is 0.384 e. The van der Waals surface area contributed by atoms with Gasteiger partial charge in [0.05, 0.1) is 0 Å². The maximum absolute atomic E-state index is 3.52. The van der Waals surface area contributed by atoms with Gasteiger partial charge in [-0.2, -0.15) is 0 Å². The second kappa shape index (κ2) is 4.30. The molecule has 2 heteroatoms.